The number of ether oxygens (including phenoxy) is 1. The van der Waals surface area contributed by atoms with Gasteiger partial charge in [0.25, 0.3) is 0 Å². The van der Waals surface area contributed by atoms with Crippen molar-refractivity contribution in [3.8, 4) is 0 Å². The molecule has 0 spiro atoms. The number of carbonyl (C=O) groups excluding carboxylic acids is 1. The van der Waals surface area contributed by atoms with Gasteiger partial charge in [-0.05, 0) is 42.3 Å². The maximum atomic E-state index is 13.2. The molecule has 1 aliphatic heterocycles. The summed E-state index contributed by atoms with van der Waals surface area (Å²) >= 11 is 1.16. The van der Waals surface area contributed by atoms with E-state index < -0.39 is 11.6 Å². The highest BCUT2D eigenvalue weighted by atomic mass is 32.2. The Hall–Kier alpha value is -1.96. The summed E-state index contributed by atoms with van der Waals surface area (Å²) < 4.78 is 31.4. The summed E-state index contributed by atoms with van der Waals surface area (Å²) in [5.74, 6) is -1.86. The third-order valence-electron chi connectivity index (χ3n) is 4.32. The zero-order valence-electron chi connectivity index (χ0n) is 14.9. The Labute approximate surface area is 161 Å². The molecule has 2 aromatic carbocycles. The summed E-state index contributed by atoms with van der Waals surface area (Å²) in [6.45, 7) is 4.55. The van der Waals surface area contributed by atoms with E-state index >= 15 is 0 Å². The van der Waals surface area contributed by atoms with Crippen molar-refractivity contribution in [1.29, 1.82) is 0 Å². The van der Waals surface area contributed by atoms with Crippen molar-refractivity contribution in [3.05, 3.63) is 59.7 Å². The van der Waals surface area contributed by atoms with Crippen molar-refractivity contribution >= 4 is 23.4 Å². The van der Waals surface area contributed by atoms with Gasteiger partial charge in [-0.2, -0.15) is 0 Å². The van der Waals surface area contributed by atoms with E-state index in [1.54, 1.807) is 0 Å². The number of benzene rings is 2. The minimum absolute atomic E-state index is 0.129. The first-order valence-corrected chi connectivity index (χ1v) is 9.85. The molecule has 0 saturated carbocycles. The van der Waals surface area contributed by atoms with Crippen LogP contribution in [-0.2, 0) is 16.0 Å². The number of hydrogen-bond acceptors (Lipinski definition) is 4. The standard InChI is InChI=1S/C20H22F2N2O2S/c21-18-6-5-17(13-19(18)22)27-14-20(25)23-16-3-1-15(2-4-16)7-8-24-9-11-26-12-10-24/h1-6,13H,7-12,14H2,(H,23,25). The van der Waals surface area contributed by atoms with E-state index in [4.69, 9.17) is 4.74 Å². The van der Waals surface area contributed by atoms with E-state index in [1.165, 1.54) is 11.6 Å². The molecule has 1 N–H and O–H groups in total. The number of nitrogens with one attached hydrogen (secondary N) is 1. The van der Waals surface area contributed by atoms with Crippen molar-refractivity contribution in [1.82, 2.24) is 4.90 Å². The Bertz CT molecular complexity index is 765. The molecule has 4 nitrogen and oxygen atoms in total. The van der Waals surface area contributed by atoms with Gasteiger partial charge in [-0.25, -0.2) is 8.78 Å². The third kappa shape index (κ3) is 6.30. The number of nitrogens with zero attached hydrogens (tertiary/aromatic N) is 1. The highest BCUT2D eigenvalue weighted by Gasteiger charge is 2.10. The van der Waals surface area contributed by atoms with Gasteiger partial charge in [-0.15, -0.1) is 11.8 Å². The second kappa shape index (κ2) is 9.82. The molecule has 0 bridgehead atoms. The Morgan fingerprint density at radius 1 is 1.07 bits per heavy atom. The molecule has 0 aliphatic carbocycles. The molecule has 1 aliphatic rings. The average molecular weight is 392 g/mol. The number of hydrogen-bond donors (Lipinski definition) is 1. The third-order valence-corrected chi connectivity index (χ3v) is 5.31. The fourth-order valence-electron chi connectivity index (χ4n) is 2.78. The number of rotatable bonds is 7. The smallest absolute Gasteiger partial charge is 0.234 e. The lowest BCUT2D eigenvalue weighted by atomic mass is 10.1. The van der Waals surface area contributed by atoms with Crippen LogP contribution in [-0.4, -0.2) is 49.4 Å². The van der Waals surface area contributed by atoms with E-state index in [2.05, 4.69) is 10.2 Å². The van der Waals surface area contributed by atoms with Crippen molar-refractivity contribution in [3.63, 3.8) is 0 Å². The summed E-state index contributed by atoms with van der Waals surface area (Å²) in [6.07, 6.45) is 0.959. The van der Waals surface area contributed by atoms with Gasteiger partial charge in [0.1, 0.15) is 0 Å². The van der Waals surface area contributed by atoms with Gasteiger partial charge in [0.2, 0.25) is 5.91 Å². The monoisotopic (exact) mass is 392 g/mol. The summed E-state index contributed by atoms with van der Waals surface area (Å²) in [5.41, 5.74) is 1.94. The molecular formula is C20H22F2N2O2S. The summed E-state index contributed by atoms with van der Waals surface area (Å²) in [4.78, 5) is 14.9. The van der Waals surface area contributed by atoms with Crippen molar-refractivity contribution in [2.75, 3.05) is 43.9 Å². The fraction of sp³-hybridized carbons (Fsp3) is 0.350. The van der Waals surface area contributed by atoms with Crippen LogP contribution in [0.3, 0.4) is 0 Å². The first-order valence-electron chi connectivity index (χ1n) is 8.87. The lowest BCUT2D eigenvalue weighted by molar-refractivity contribution is -0.113. The van der Waals surface area contributed by atoms with Crippen molar-refractivity contribution in [2.24, 2.45) is 0 Å². The minimum atomic E-state index is -0.909. The zero-order chi connectivity index (χ0) is 19.1. The van der Waals surface area contributed by atoms with Crippen LogP contribution in [0.15, 0.2) is 47.4 Å². The lowest BCUT2D eigenvalue weighted by Gasteiger charge is -2.26. The van der Waals surface area contributed by atoms with E-state index in [0.29, 0.717) is 4.90 Å². The summed E-state index contributed by atoms with van der Waals surface area (Å²) in [7, 11) is 0. The van der Waals surface area contributed by atoms with Crippen LogP contribution in [0.2, 0.25) is 0 Å². The van der Waals surface area contributed by atoms with Crippen LogP contribution >= 0.6 is 11.8 Å². The Morgan fingerprint density at radius 2 is 1.81 bits per heavy atom. The molecule has 3 rings (SSSR count). The molecule has 0 unspecified atom stereocenters. The Balaban J connectivity index is 1.43. The topological polar surface area (TPSA) is 41.6 Å². The van der Waals surface area contributed by atoms with Gasteiger partial charge in [0.15, 0.2) is 11.6 Å². The van der Waals surface area contributed by atoms with Crippen LogP contribution in [0.5, 0.6) is 0 Å². The molecule has 1 fully saturated rings. The SMILES string of the molecule is O=C(CSc1ccc(F)c(F)c1)Nc1ccc(CCN2CCOCC2)cc1. The number of carbonyl (C=O) groups is 1. The molecule has 7 heteroatoms. The van der Waals surface area contributed by atoms with E-state index in [9.17, 15) is 13.6 Å². The van der Waals surface area contributed by atoms with Crippen LogP contribution in [0.25, 0.3) is 0 Å². The molecule has 1 heterocycles. The molecule has 27 heavy (non-hydrogen) atoms. The average Bonchev–Trinajstić information content (AvgIpc) is 2.69. The minimum Gasteiger partial charge on any atom is -0.379 e. The van der Waals surface area contributed by atoms with Gasteiger partial charge in [0.05, 0.1) is 19.0 Å². The molecule has 144 valence electrons. The van der Waals surface area contributed by atoms with E-state index in [1.807, 2.05) is 24.3 Å². The van der Waals surface area contributed by atoms with Crippen LogP contribution in [0.4, 0.5) is 14.5 Å². The fourth-order valence-corrected chi connectivity index (χ4v) is 3.50. The van der Waals surface area contributed by atoms with Gasteiger partial charge >= 0.3 is 0 Å². The summed E-state index contributed by atoms with van der Waals surface area (Å²) in [6, 6.07) is 11.4. The first kappa shape index (κ1) is 19.8. The number of morpholine rings is 1. The second-order valence-electron chi connectivity index (χ2n) is 6.31. The molecule has 2 aromatic rings. The number of thioether (sulfide) groups is 1. The molecule has 1 saturated heterocycles. The van der Waals surface area contributed by atoms with Gasteiger partial charge in [-0.3, -0.25) is 9.69 Å². The second-order valence-corrected chi connectivity index (χ2v) is 7.36. The van der Waals surface area contributed by atoms with Gasteiger partial charge in [0, 0.05) is 30.2 Å². The molecule has 0 radical (unpaired) electrons. The highest BCUT2D eigenvalue weighted by molar-refractivity contribution is 8.00. The van der Waals surface area contributed by atoms with Gasteiger partial charge < -0.3 is 10.1 Å². The maximum Gasteiger partial charge on any atom is 0.234 e. The van der Waals surface area contributed by atoms with E-state index in [-0.39, 0.29) is 11.7 Å². The van der Waals surface area contributed by atoms with Crippen LogP contribution < -0.4 is 5.32 Å². The summed E-state index contributed by atoms with van der Waals surface area (Å²) in [5, 5.41) is 2.82. The highest BCUT2D eigenvalue weighted by Crippen LogP contribution is 2.21. The number of anilines is 1. The largest absolute Gasteiger partial charge is 0.379 e. The quantitative estimate of drug-likeness (QED) is 0.732. The van der Waals surface area contributed by atoms with E-state index in [0.717, 1.165) is 68.9 Å². The van der Waals surface area contributed by atoms with Gasteiger partial charge in [-0.1, -0.05) is 12.1 Å². The molecule has 0 aromatic heterocycles. The molecular weight excluding hydrogens is 370 g/mol. The van der Waals surface area contributed by atoms with Crippen LogP contribution in [0, 0.1) is 11.6 Å². The molecule has 1 amide bonds. The number of amides is 1. The maximum absolute atomic E-state index is 13.2. The first-order chi connectivity index (χ1) is 13.1. The van der Waals surface area contributed by atoms with Crippen LogP contribution in [0.1, 0.15) is 5.56 Å². The predicted molar refractivity (Wildman–Crippen MR) is 103 cm³/mol. The predicted octanol–water partition coefficient (Wildman–Crippen LogP) is 3.57. The Morgan fingerprint density at radius 3 is 2.52 bits per heavy atom. The zero-order valence-corrected chi connectivity index (χ0v) is 15.7. The number of halogens is 2. The Kier molecular flexibility index (Phi) is 7.20. The van der Waals surface area contributed by atoms with Crippen molar-refractivity contribution in [2.45, 2.75) is 11.3 Å². The van der Waals surface area contributed by atoms with Crippen molar-refractivity contribution < 1.29 is 18.3 Å². The lowest BCUT2D eigenvalue weighted by Crippen LogP contribution is -2.37. The normalized spacial score (nSPS) is 14.9. The molecule has 0 atom stereocenters.